The molecule has 5 aliphatic rings. The van der Waals surface area contributed by atoms with E-state index in [4.69, 9.17) is 4.74 Å². The highest BCUT2D eigenvalue weighted by Gasteiger charge is 2.59. The van der Waals surface area contributed by atoms with Crippen molar-refractivity contribution in [1.82, 2.24) is 0 Å². The van der Waals surface area contributed by atoms with Crippen molar-refractivity contribution in [3.05, 3.63) is 11.6 Å². The Morgan fingerprint density at radius 1 is 0.951 bits per heavy atom. The van der Waals surface area contributed by atoms with E-state index in [0.717, 1.165) is 61.2 Å². The van der Waals surface area contributed by atoms with E-state index in [1.54, 1.807) is 5.57 Å². The number of unbranched alkanes of at least 4 members (excludes halogenated alkanes) is 1. The van der Waals surface area contributed by atoms with Crippen molar-refractivity contribution in [2.75, 3.05) is 26.7 Å². The third-order valence-corrected chi connectivity index (χ3v) is 13.8. The van der Waals surface area contributed by atoms with Crippen LogP contribution in [0.4, 0.5) is 0 Å². The molecule has 0 N–H and O–H groups in total. The number of quaternary nitrogens is 1. The second-order valence-electron chi connectivity index (χ2n) is 17.0. The van der Waals surface area contributed by atoms with Gasteiger partial charge in [-0.1, -0.05) is 65.5 Å². The molecule has 0 spiro atoms. The largest absolute Gasteiger partial charge is 0.462 e. The van der Waals surface area contributed by atoms with Crippen LogP contribution in [-0.2, 0) is 9.53 Å². The molecule has 0 aromatic carbocycles. The number of fused-ring (bicyclic) bond motifs is 5. The summed E-state index contributed by atoms with van der Waals surface area (Å²) >= 11 is 0. The molecule has 0 aromatic heterocycles. The van der Waals surface area contributed by atoms with Crippen LogP contribution in [0.5, 0.6) is 0 Å². The lowest BCUT2D eigenvalue weighted by Crippen LogP contribution is -2.51. The van der Waals surface area contributed by atoms with E-state index in [2.05, 4.69) is 47.7 Å². The molecule has 3 heteroatoms. The van der Waals surface area contributed by atoms with Crippen molar-refractivity contribution in [3.63, 3.8) is 0 Å². The molecule has 3 nitrogen and oxygen atoms in total. The predicted octanol–water partition coefficient (Wildman–Crippen LogP) is 9.74. The summed E-state index contributed by atoms with van der Waals surface area (Å²) < 4.78 is 7.34. The van der Waals surface area contributed by atoms with Gasteiger partial charge in [0.25, 0.3) is 0 Å². The summed E-state index contributed by atoms with van der Waals surface area (Å²) in [5, 5.41) is 0. The zero-order chi connectivity index (χ0) is 29.3. The lowest BCUT2D eigenvalue weighted by Gasteiger charge is -2.58. The molecule has 0 unspecified atom stereocenters. The van der Waals surface area contributed by atoms with E-state index in [1.165, 1.54) is 101 Å². The minimum atomic E-state index is 0.0575. The van der Waals surface area contributed by atoms with Gasteiger partial charge in [-0.15, -0.1) is 0 Å². The van der Waals surface area contributed by atoms with Crippen LogP contribution in [0.2, 0.25) is 0 Å². The molecule has 5 rings (SSSR count). The van der Waals surface area contributed by atoms with Gasteiger partial charge in [-0.05, 0) is 123 Å². The van der Waals surface area contributed by atoms with Crippen molar-refractivity contribution in [3.8, 4) is 0 Å². The van der Waals surface area contributed by atoms with Crippen molar-refractivity contribution >= 4 is 5.97 Å². The van der Waals surface area contributed by atoms with Gasteiger partial charge in [-0.3, -0.25) is 4.79 Å². The number of carbonyl (C=O) groups is 1. The maximum atomic E-state index is 12.8. The van der Waals surface area contributed by atoms with Crippen LogP contribution >= 0.6 is 0 Å². The number of allylic oxidation sites excluding steroid dienone is 1. The molecule has 1 aliphatic heterocycles. The number of hydrogen-bond donors (Lipinski definition) is 0. The first-order valence-electron chi connectivity index (χ1n) is 18.3. The van der Waals surface area contributed by atoms with Gasteiger partial charge in [0.15, 0.2) is 0 Å². The molecule has 1 saturated heterocycles. The highest BCUT2D eigenvalue weighted by atomic mass is 16.5. The smallest absolute Gasteiger partial charge is 0.306 e. The fraction of sp³-hybridized carbons (Fsp3) is 0.921. The Morgan fingerprint density at radius 2 is 1.73 bits per heavy atom. The van der Waals surface area contributed by atoms with Crippen molar-refractivity contribution in [2.24, 2.45) is 46.3 Å². The number of nitrogens with zero attached hydrogens (tertiary/aromatic N) is 1. The average molecular weight is 569 g/mol. The monoisotopic (exact) mass is 569 g/mol. The molecule has 1 heterocycles. The van der Waals surface area contributed by atoms with Crippen LogP contribution in [0.1, 0.15) is 144 Å². The summed E-state index contributed by atoms with van der Waals surface area (Å²) in [6, 6.07) is 0. The third kappa shape index (κ3) is 6.81. The molecule has 0 radical (unpaired) electrons. The summed E-state index contributed by atoms with van der Waals surface area (Å²) in [4.78, 5) is 12.8. The summed E-state index contributed by atoms with van der Waals surface area (Å²) in [6.45, 7) is 16.5. The fourth-order valence-corrected chi connectivity index (χ4v) is 11.3. The van der Waals surface area contributed by atoms with Crippen molar-refractivity contribution in [2.45, 2.75) is 150 Å². The number of esters is 1. The predicted molar refractivity (Wildman–Crippen MR) is 171 cm³/mol. The number of hydrogen-bond acceptors (Lipinski definition) is 2. The summed E-state index contributed by atoms with van der Waals surface area (Å²) in [7, 11) is 2.41. The second kappa shape index (κ2) is 13.0. The van der Waals surface area contributed by atoms with Crippen LogP contribution in [-0.4, -0.2) is 43.2 Å². The van der Waals surface area contributed by atoms with Gasteiger partial charge in [0.05, 0.1) is 26.7 Å². The van der Waals surface area contributed by atoms with Gasteiger partial charge in [-0.2, -0.15) is 0 Å². The van der Waals surface area contributed by atoms with E-state index in [9.17, 15) is 4.79 Å². The Morgan fingerprint density at radius 3 is 2.49 bits per heavy atom. The topological polar surface area (TPSA) is 26.3 Å². The average Bonchev–Trinajstić information content (AvgIpc) is 3.29. The normalized spacial score (nSPS) is 38.9. The molecule has 0 bridgehead atoms. The second-order valence-corrected chi connectivity index (χ2v) is 17.0. The maximum Gasteiger partial charge on any atom is 0.306 e. The van der Waals surface area contributed by atoms with Gasteiger partial charge >= 0.3 is 5.97 Å². The zero-order valence-corrected chi connectivity index (χ0v) is 28.0. The molecule has 8 atom stereocenters. The Hall–Kier alpha value is -0.830. The Balaban J connectivity index is 1.12. The standard InChI is InChI=1S/C38H66NO2/c1-28(2)13-12-14-29(3)33-18-19-34-32-17-16-30-27-31(20-22-37(30,4)35(32)21-23-38(33,34)5)41-36(40)15-8-11-26-39(6)24-9-7-10-25-39/h16,28-29,31-35H,7-15,17-27H2,1-6H3/q+1/t29-,31+,32+,33-,34+,35+,37+,38-/m1/s1. The number of rotatable bonds is 11. The first-order chi connectivity index (χ1) is 19.5. The van der Waals surface area contributed by atoms with Crippen LogP contribution < -0.4 is 0 Å². The Bertz CT molecular complexity index is 917. The van der Waals surface area contributed by atoms with Gasteiger partial charge < -0.3 is 9.22 Å². The van der Waals surface area contributed by atoms with E-state index in [1.807, 2.05) is 0 Å². The fourth-order valence-electron chi connectivity index (χ4n) is 11.3. The van der Waals surface area contributed by atoms with Gasteiger partial charge in [0, 0.05) is 12.8 Å². The Labute approximate surface area is 254 Å². The minimum absolute atomic E-state index is 0.0575. The molecule has 234 valence electrons. The van der Waals surface area contributed by atoms with Gasteiger partial charge in [0.2, 0.25) is 0 Å². The highest BCUT2D eigenvalue weighted by Crippen LogP contribution is 2.67. The maximum absolute atomic E-state index is 12.8. The van der Waals surface area contributed by atoms with E-state index in [-0.39, 0.29) is 12.1 Å². The SMILES string of the molecule is CC(C)CCC[C@@H](C)[C@H]1CC[C@H]2[C@@H]3CC=C4C[C@@H](OC(=O)CCCC[N+]5(C)CCCCC5)CC[C@]4(C)[C@H]3CC[C@]12C. The number of ether oxygens (including phenoxy) is 1. The number of piperidine rings is 1. The zero-order valence-electron chi connectivity index (χ0n) is 28.0. The lowest BCUT2D eigenvalue weighted by molar-refractivity contribution is -0.914. The quantitative estimate of drug-likeness (QED) is 0.107. The van der Waals surface area contributed by atoms with Crippen LogP contribution in [0, 0.1) is 46.3 Å². The molecule has 0 amide bonds. The molecule has 4 aliphatic carbocycles. The Kier molecular flexibility index (Phi) is 10.0. The van der Waals surface area contributed by atoms with E-state index < -0.39 is 0 Å². The molecular weight excluding hydrogens is 502 g/mol. The van der Waals surface area contributed by atoms with E-state index in [0.29, 0.717) is 17.3 Å². The molecule has 41 heavy (non-hydrogen) atoms. The minimum Gasteiger partial charge on any atom is -0.462 e. The summed E-state index contributed by atoms with van der Waals surface area (Å²) in [5.41, 5.74) is 2.53. The first kappa shape index (κ1) is 31.6. The van der Waals surface area contributed by atoms with Gasteiger partial charge in [-0.25, -0.2) is 0 Å². The molecular formula is C38H66NO2+. The number of carbonyl (C=O) groups excluding carboxylic acids is 1. The van der Waals surface area contributed by atoms with Crippen molar-refractivity contribution < 1.29 is 14.0 Å². The summed E-state index contributed by atoms with van der Waals surface area (Å²) in [6.07, 6.45) is 24.2. The number of likely N-dealkylation sites (tertiary alicyclic amines) is 1. The van der Waals surface area contributed by atoms with E-state index >= 15 is 0 Å². The van der Waals surface area contributed by atoms with Crippen LogP contribution in [0.3, 0.4) is 0 Å². The first-order valence-corrected chi connectivity index (χ1v) is 18.3. The summed E-state index contributed by atoms with van der Waals surface area (Å²) in [5.74, 6) is 5.33. The molecule has 3 saturated carbocycles. The van der Waals surface area contributed by atoms with Crippen LogP contribution in [0.25, 0.3) is 0 Å². The van der Waals surface area contributed by atoms with Crippen molar-refractivity contribution in [1.29, 1.82) is 0 Å². The molecule has 4 fully saturated rings. The highest BCUT2D eigenvalue weighted by molar-refractivity contribution is 5.69. The van der Waals surface area contributed by atoms with Crippen LogP contribution in [0.15, 0.2) is 11.6 Å². The van der Waals surface area contributed by atoms with Gasteiger partial charge in [0.1, 0.15) is 6.10 Å². The third-order valence-electron chi connectivity index (χ3n) is 13.8. The molecule has 0 aromatic rings. The lowest BCUT2D eigenvalue weighted by atomic mass is 9.47.